The minimum Gasteiger partial charge on any atom is -0.295 e. The van der Waals surface area contributed by atoms with Crippen LogP contribution in [-0.4, -0.2) is 22.6 Å². The third kappa shape index (κ3) is 1.07. The number of nitrogens with zero attached hydrogens (tertiary/aromatic N) is 1. The van der Waals surface area contributed by atoms with Crippen molar-refractivity contribution in [2.24, 2.45) is 0 Å². The molecule has 0 spiro atoms. The topological polar surface area (TPSA) is 40.5 Å². The maximum Gasteiger partial charge on any atom is 0.159 e. The van der Waals surface area contributed by atoms with Gasteiger partial charge in [0.15, 0.2) is 5.78 Å². The van der Waals surface area contributed by atoms with Gasteiger partial charge in [-0.15, -0.1) is 0 Å². The Labute approximate surface area is 47.2 Å². The molecule has 3 nitrogen and oxygen atoms in total. The first kappa shape index (κ1) is 5.31. The Hall–Kier alpha value is -0.830. The zero-order chi connectivity index (χ0) is 5.98. The lowest BCUT2D eigenvalue weighted by atomic mass is 10.2. The summed E-state index contributed by atoms with van der Waals surface area (Å²) < 4.78 is 0. The molecule has 1 heterocycles. The van der Waals surface area contributed by atoms with Crippen LogP contribution in [0.5, 0.6) is 0 Å². The van der Waals surface area contributed by atoms with Gasteiger partial charge in [0.1, 0.15) is 0 Å². The van der Waals surface area contributed by atoms with Gasteiger partial charge in [0, 0.05) is 12.6 Å². The van der Waals surface area contributed by atoms with E-state index in [1.807, 2.05) is 0 Å². The highest BCUT2D eigenvalue weighted by atomic mass is 16.5. The van der Waals surface area contributed by atoms with Crippen LogP contribution in [0.25, 0.3) is 0 Å². The molecule has 0 aliphatic carbocycles. The highest BCUT2D eigenvalue weighted by molar-refractivity contribution is 5.90. The van der Waals surface area contributed by atoms with Crippen molar-refractivity contribution in [1.29, 1.82) is 0 Å². The number of hydrogen-bond acceptors (Lipinski definition) is 3. The van der Waals surface area contributed by atoms with Gasteiger partial charge >= 0.3 is 0 Å². The Balaban J connectivity index is 2.55. The van der Waals surface area contributed by atoms with Crippen molar-refractivity contribution in [3.05, 3.63) is 12.3 Å². The van der Waals surface area contributed by atoms with Crippen LogP contribution in [-0.2, 0) is 4.79 Å². The molecule has 0 amide bonds. The molecule has 3 heteroatoms. The fourth-order valence-electron chi connectivity index (χ4n) is 0.552. The van der Waals surface area contributed by atoms with Crippen molar-refractivity contribution in [1.82, 2.24) is 5.06 Å². The monoisotopic (exact) mass is 113 g/mol. The first-order chi connectivity index (χ1) is 3.79. The molecule has 0 saturated carbocycles. The predicted octanol–water partition coefficient (Wildman–Crippen LogP) is 0.164. The maximum atomic E-state index is 10.4. The number of allylic oxidation sites excluding steroid dienone is 1. The number of hydroxylamine groups is 2. The van der Waals surface area contributed by atoms with Gasteiger partial charge in [0.05, 0.1) is 6.54 Å². The minimum atomic E-state index is 0.0790. The number of carbonyl (C=O) groups is 1. The van der Waals surface area contributed by atoms with E-state index >= 15 is 0 Å². The van der Waals surface area contributed by atoms with E-state index in [0.29, 0.717) is 13.0 Å². The standard InChI is InChI=1S/C5H7NO2/c7-5-1-3-6(8)4-2-5/h1,3,8H,2,4H2. The van der Waals surface area contributed by atoms with Crippen molar-refractivity contribution in [2.75, 3.05) is 6.54 Å². The fourth-order valence-corrected chi connectivity index (χ4v) is 0.552. The van der Waals surface area contributed by atoms with Gasteiger partial charge in [-0.25, -0.2) is 0 Å². The number of rotatable bonds is 0. The van der Waals surface area contributed by atoms with E-state index in [4.69, 9.17) is 5.21 Å². The zero-order valence-corrected chi connectivity index (χ0v) is 4.37. The Kier molecular flexibility index (Phi) is 1.30. The number of hydrogen-bond donors (Lipinski definition) is 1. The van der Waals surface area contributed by atoms with Crippen LogP contribution in [0.3, 0.4) is 0 Å². The van der Waals surface area contributed by atoms with E-state index in [2.05, 4.69) is 0 Å². The van der Waals surface area contributed by atoms with Crippen molar-refractivity contribution >= 4 is 5.78 Å². The normalized spacial score (nSPS) is 19.6. The molecule has 0 unspecified atom stereocenters. The van der Waals surface area contributed by atoms with Gasteiger partial charge < -0.3 is 0 Å². The van der Waals surface area contributed by atoms with Gasteiger partial charge in [-0.1, -0.05) is 0 Å². The molecule has 1 rings (SSSR count). The summed E-state index contributed by atoms with van der Waals surface area (Å²) in [5, 5.41) is 9.62. The van der Waals surface area contributed by atoms with Gasteiger partial charge in [0.2, 0.25) is 0 Å². The molecule has 0 aromatic rings. The predicted molar refractivity (Wildman–Crippen MR) is 27.3 cm³/mol. The van der Waals surface area contributed by atoms with Crippen LogP contribution in [0.4, 0.5) is 0 Å². The molecule has 0 aromatic carbocycles. The molecule has 1 aliphatic heterocycles. The smallest absolute Gasteiger partial charge is 0.159 e. The summed E-state index contributed by atoms with van der Waals surface area (Å²) in [4.78, 5) is 10.4. The molecule has 0 aromatic heterocycles. The molecular weight excluding hydrogens is 106 g/mol. The molecule has 1 N–H and O–H groups in total. The van der Waals surface area contributed by atoms with E-state index < -0.39 is 0 Å². The third-order valence-electron chi connectivity index (χ3n) is 1.02. The molecular formula is C5H7NO2. The lowest BCUT2D eigenvalue weighted by Crippen LogP contribution is -2.20. The lowest BCUT2D eigenvalue weighted by Gasteiger charge is -2.13. The van der Waals surface area contributed by atoms with Crippen LogP contribution in [0, 0.1) is 0 Å². The van der Waals surface area contributed by atoms with Crippen LogP contribution in [0.15, 0.2) is 12.3 Å². The maximum absolute atomic E-state index is 10.4. The molecule has 0 atom stereocenters. The first-order valence-electron chi connectivity index (χ1n) is 2.45. The number of carbonyl (C=O) groups excluding carboxylic acids is 1. The van der Waals surface area contributed by atoms with Crippen LogP contribution in [0.2, 0.25) is 0 Å². The molecule has 0 fully saturated rings. The second-order valence-electron chi connectivity index (χ2n) is 1.70. The summed E-state index contributed by atoms with van der Waals surface area (Å²) in [6.07, 6.45) is 3.16. The summed E-state index contributed by atoms with van der Waals surface area (Å²) in [6.45, 7) is 0.426. The second-order valence-corrected chi connectivity index (χ2v) is 1.70. The minimum absolute atomic E-state index is 0.0790. The average Bonchev–Trinajstić information content (AvgIpc) is 1.77. The Bertz CT molecular complexity index is 130. The van der Waals surface area contributed by atoms with Gasteiger partial charge in [0.25, 0.3) is 0 Å². The summed E-state index contributed by atoms with van der Waals surface area (Å²) >= 11 is 0. The van der Waals surface area contributed by atoms with Crippen LogP contribution >= 0.6 is 0 Å². The largest absolute Gasteiger partial charge is 0.295 e. The van der Waals surface area contributed by atoms with E-state index in [-0.39, 0.29) is 5.78 Å². The summed E-state index contributed by atoms with van der Waals surface area (Å²) in [7, 11) is 0. The van der Waals surface area contributed by atoms with E-state index in [9.17, 15) is 4.79 Å². The second kappa shape index (κ2) is 1.96. The molecule has 44 valence electrons. The quantitative estimate of drug-likeness (QED) is 0.486. The summed E-state index contributed by atoms with van der Waals surface area (Å²) in [6, 6.07) is 0. The fraction of sp³-hybridized carbons (Fsp3) is 0.400. The highest BCUT2D eigenvalue weighted by Crippen LogP contribution is 1.97. The van der Waals surface area contributed by atoms with Crippen molar-refractivity contribution in [2.45, 2.75) is 6.42 Å². The van der Waals surface area contributed by atoms with Crippen LogP contribution < -0.4 is 0 Å². The highest BCUT2D eigenvalue weighted by Gasteiger charge is 2.04. The molecule has 0 radical (unpaired) electrons. The third-order valence-corrected chi connectivity index (χ3v) is 1.02. The SMILES string of the molecule is O=C1C=CN(O)CC1. The van der Waals surface area contributed by atoms with E-state index in [1.165, 1.54) is 12.3 Å². The number of ketones is 1. The van der Waals surface area contributed by atoms with E-state index in [0.717, 1.165) is 5.06 Å². The molecule has 0 bridgehead atoms. The van der Waals surface area contributed by atoms with E-state index in [1.54, 1.807) is 0 Å². The molecule has 0 saturated heterocycles. The molecule has 8 heavy (non-hydrogen) atoms. The first-order valence-corrected chi connectivity index (χ1v) is 2.45. The van der Waals surface area contributed by atoms with Crippen molar-refractivity contribution in [3.8, 4) is 0 Å². The van der Waals surface area contributed by atoms with Crippen LogP contribution in [0.1, 0.15) is 6.42 Å². The van der Waals surface area contributed by atoms with Crippen molar-refractivity contribution < 1.29 is 10.0 Å². The summed E-state index contributed by atoms with van der Waals surface area (Å²) in [5.41, 5.74) is 0. The van der Waals surface area contributed by atoms with Gasteiger partial charge in [-0.05, 0) is 6.08 Å². The molecule has 1 aliphatic rings. The average molecular weight is 113 g/mol. The van der Waals surface area contributed by atoms with Gasteiger partial charge in [-0.3, -0.25) is 15.1 Å². The van der Waals surface area contributed by atoms with Crippen molar-refractivity contribution in [3.63, 3.8) is 0 Å². The summed E-state index contributed by atoms with van der Waals surface area (Å²) in [5.74, 6) is 0.0790. The Morgan fingerprint density at radius 1 is 1.75 bits per heavy atom. The van der Waals surface area contributed by atoms with Gasteiger partial charge in [-0.2, -0.15) is 0 Å². The zero-order valence-electron chi connectivity index (χ0n) is 4.37. The Morgan fingerprint density at radius 2 is 2.50 bits per heavy atom. The Morgan fingerprint density at radius 3 is 2.88 bits per heavy atom. The lowest BCUT2D eigenvalue weighted by molar-refractivity contribution is -0.119.